The minimum absolute atomic E-state index is 0.114. The van der Waals surface area contributed by atoms with Gasteiger partial charge in [0.25, 0.3) is 11.8 Å². The van der Waals surface area contributed by atoms with Crippen LogP contribution in [0.15, 0.2) is 108 Å². The molecule has 4 rings (SSSR count). The van der Waals surface area contributed by atoms with Gasteiger partial charge >= 0.3 is 0 Å². The molecule has 0 aromatic heterocycles. The average molecular weight is 584 g/mol. The van der Waals surface area contributed by atoms with Crippen LogP contribution in [0.25, 0.3) is 6.08 Å². The molecule has 4 aromatic carbocycles. The summed E-state index contributed by atoms with van der Waals surface area (Å²) in [6.07, 6.45) is 1.64. The molecule has 0 bridgehead atoms. The number of amides is 3. The normalized spacial score (nSPS) is 11.9. The Hall–Kier alpha value is -4.33. The molecule has 0 saturated heterocycles. The van der Waals surface area contributed by atoms with Crippen LogP contribution >= 0.6 is 23.4 Å². The number of anilines is 2. The second-order valence-electron chi connectivity index (χ2n) is 9.48. The number of aryl methyl sites for hydroxylation is 2. The molecular weight excluding hydrogens is 554 g/mol. The van der Waals surface area contributed by atoms with E-state index >= 15 is 0 Å². The van der Waals surface area contributed by atoms with Crippen LogP contribution in [0.4, 0.5) is 11.4 Å². The molecule has 0 saturated carbocycles. The number of carbonyl (C=O) groups is 3. The highest BCUT2D eigenvalue weighted by Gasteiger charge is 2.17. The van der Waals surface area contributed by atoms with Gasteiger partial charge in [-0.3, -0.25) is 14.4 Å². The quantitative estimate of drug-likeness (QED) is 0.141. The lowest BCUT2D eigenvalue weighted by Crippen LogP contribution is -2.30. The molecule has 6 nitrogen and oxygen atoms in total. The summed E-state index contributed by atoms with van der Waals surface area (Å²) < 4.78 is 0. The minimum atomic E-state index is -0.458. The lowest BCUT2D eigenvalue weighted by atomic mass is 10.1. The van der Waals surface area contributed by atoms with Crippen LogP contribution < -0.4 is 16.0 Å². The maximum Gasteiger partial charge on any atom is 0.272 e. The molecule has 0 aliphatic carbocycles. The zero-order valence-corrected chi connectivity index (χ0v) is 24.5. The second-order valence-corrected chi connectivity index (χ2v) is 11.3. The molecule has 41 heavy (non-hydrogen) atoms. The van der Waals surface area contributed by atoms with Gasteiger partial charge in [0.15, 0.2) is 0 Å². The highest BCUT2D eigenvalue weighted by atomic mass is 35.5. The van der Waals surface area contributed by atoms with Crippen LogP contribution in [0, 0.1) is 13.8 Å². The van der Waals surface area contributed by atoms with Gasteiger partial charge in [-0.15, -0.1) is 11.8 Å². The van der Waals surface area contributed by atoms with Crippen molar-refractivity contribution < 1.29 is 14.4 Å². The Bertz CT molecular complexity index is 1570. The van der Waals surface area contributed by atoms with Gasteiger partial charge in [0.05, 0.1) is 5.25 Å². The minimum Gasteiger partial charge on any atom is -0.325 e. The van der Waals surface area contributed by atoms with E-state index in [4.69, 9.17) is 11.6 Å². The van der Waals surface area contributed by atoms with Crippen molar-refractivity contribution in [3.63, 3.8) is 0 Å². The molecule has 1 atom stereocenters. The van der Waals surface area contributed by atoms with Gasteiger partial charge in [-0.1, -0.05) is 65.7 Å². The first-order valence-corrected chi connectivity index (χ1v) is 14.2. The Morgan fingerprint density at radius 1 is 0.829 bits per heavy atom. The number of hydrogen-bond donors (Lipinski definition) is 3. The van der Waals surface area contributed by atoms with E-state index in [0.29, 0.717) is 22.0 Å². The number of thioether (sulfide) groups is 1. The van der Waals surface area contributed by atoms with Crippen LogP contribution in [0.5, 0.6) is 0 Å². The summed E-state index contributed by atoms with van der Waals surface area (Å²) in [6, 6.07) is 28.9. The summed E-state index contributed by atoms with van der Waals surface area (Å²) in [6.45, 7) is 5.71. The Morgan fingerprint density at radius 2 is 1.51 bits per heavy atom. The lowest BCUT2D eigenvalue weighted by Gasteiger charge is -2.14. The Kier molecular flexibility index (Phi) is 10.0. The van der Waals surface area contributed by atoms with E-state index in [-0.39, 0.29) is 22.8 Å². The average Bonchev–Trinajstić information content (AvgIpc) is 2.97. The number of nitrogens with one attached hydrogen (secondary N) is 3. The fraction of sp³-hybridized carbons (Fsp3) is 0.121. The highest BCUT2D eigenvalue weighted by molar-refractivity contribution is 8.00. The first-order valence-electron chi connectivity index (χ1n) is 13.0. The Labute approximate surface area is 249 Å². The maximum atomic E-state index is 13.3. The number of rotatable bonds is 9. The van der Waals surface area contributed by atoms with Crippen LogP contribution in [-0.4, -0.2) is 23.0 Å². The van der Waals surface area contributed by atoms with Crippen molar-refractivity contribution in [3.8, 4) is 0 Å². The van der Waals surface area contributed by atoms with Crippen molar-refractivity contribution in [2.24, 2.45) is 0 Å². The fourth-order valence-corrected chi connectivity index (χ4v) is 4.85. The largest absolute Gasteiger partial charge is 0.325 e. The number of benzene rings is 4. The van der Waals surface area contributed by atoms with Gasteiger partial charge in [-0.05, 0) is 86.5 Å². The van der Waals surface area contributed by atoms with Gasteiger partial charge in [0.1, 0.15) is 5.70 Å². The van der Waals surface area contributed by atoms with Gasteiger partial charge in [0, 0.05) is 26.9 Å². The predicted octanol–water partition coefficient (Wildman–Crippen LogP) is 7.49. The first-order chi connectivity index (χ1) is 19.7. The third-order valence-corrected chi connectivity index (χ3v) is 7.52. The molecular formula is C33H30ClN3O3S. The van der Waals surface area contributed by atoms with Gasteiger partial charge < -0.3 is 16.0 Å². The van der Waals surface area contributed by atoms with Crippen molar-refractivity contribution in [3.05, 3.63) is 130 Å². The third-order valence-electron chi connectivity index (χ3n) is 6.17. The first kappa shape index (κ1) is 29.6. The summed E-state index contributed by atoms with van der Waals surface area (Å²) >= 11 is 7.47. The molecule has 8 heteroatoms. The summed E-state index contributed by atoms with van der Waals surface area (Å²) in [5, 5.41) is 8.72. The fourth-order valence-electron chi connectivity index (χ4n) is 3.81. The van der Waals surface area contributed by atoms with E-state index in [1.807, 2.05) is 69.3 Å². The Balaban J connectivity index is 1.43. The van der Waals surface area contributed by atoms with Gasteiger partial charge in [-0.2, -0.15) is 0 Å². The molecule has 0 spiro atoms. The van der Waals surface area contributed by atoms with E-state index in [9.17, 15) is 14.4 Å². The number of hydrogen-bond acceptors (Lipinski definition) is 4. The number of carbonyl (C=O) groups excluding carboxylic acids is 3. The van der Waals surface area contributed by atoms with Gasteiger partial charge in [0.2, 0.25) is 5.91 Å². The van der Waals surface area contributed by atoms with Crippen LogP contribution in [0.1, 0.15) is 34.0 Å². The SMILES string of the molecule is Cc1ccc(/C=C(\NC(=O)c2ccccc2)C(=O)Nc2ccc(SC(C)C(=O)Nc3cc(Cl)ccc3C)cc2)cc1. The van der Waals surface area contributed by atoms with Crippen molar-refractivity contribution in [2.75, 3.05) is 10.6 Å². The lowest BCUT2D eigenvalue weighted by molar-refractivity contribution is -0.115. The smallest absolute Gasteiger partial charge is 0.272 e. The molecule has 0 aliphatic rings. The topological polar surface area (TPSA) is 87.3 Å². The molecule has 1 unspecified atom stereocenters. The standard InChI is InChI=1S/C33H30ClN3O3S/c1-21-9-12-24(13-10-21)19-30(37-32(39)25-7-5-4-6-8-25)33(40)35-27-15-17-28(18-16-27)41-23(3)31(38)36-29-20-26(34)14-11-22(29)2/h4-20,23H,1-3H3,(H,35,40)(H,36,38)(H,37,39)/b30-19-. The van der Waals surface area contributed by atoms with Crippen LogP contribution in [0.2, 0.25) is 5.02 Å². The Morgan fingerprint density at radius 3 is 2.20 bits per heavy atom. The zero-order chi connectivity index (χ0) is 29.4. The van der Waals surface area contributed by atoms with Crippen LogP contribution in [-0.2, 0) is 9.59 Å². The molecule has 4 aromatic rings. The maximum absolute atomic E-state index is 13.3. The summed E-state index contributed by atoms with van der Waals surface area (Å²) in [4.78, 5) is 39.7. The molecule has 3 N–H and O–H groups in total. The van der Waals surface area contributed by atoms with Crippen molar-refractivity contribution in [1.82, 2.24) is 5.32 Å². The van der Waals surface area contributed by atoms with Crippen LogP contribution in [0.3, 0.4) is 0 Å². The summed E-state index contributed by atoms with van der Waals surface area (Å²) in [5.74, 6) is -0.983. The van der Waals surface area contributed by atoms with E-state index in [0.717, 1.165) is 21.6 Å². The molecule has 0 heterocycles. The van der Waals surface area contributed by atoms with E-state index in [1.54, 1.807) is 54.6 Å². The molecule has 0 fully saturated rings. The molecule has 0 aliphatic heterocycles. The van der Waals surface area contributed by atoms with Crippen molar-refractivity contribution >= 4 is 58.5 Å². The summed E-state index contributed by atoms with van der Waals surface area (Å²) in [5.41, 5.74) is 4.59. The molecule has 208 valence electrons. The second kappa shape index (κ2) is 13.8. The molecule has 0 radical (unpaired) electrons. The van der Waals surface area contributed by atoms with E-state index < -0.39 is 5.91 Å². The van der Waals surface area contributed by atoms with E-state index in [1.165, 1.54) is 11.8 Å². The van der Waals surface area contributed by atoms with Crippen molar-refractivity contribution in [1.29, 1.82) is 0 Å². The zero-order valence-electron chi connectivity index (χ0n) is 22.9. The van der Waals surface area contributed by atoms with E-state index in [2.05, 4.69) is 16.0 Å². The number of halogens is 1. The third kappa shape index (κ3) is 8.58. The summed E-state index contributed by atoms with van der Waals surface area (Å²) in [7, 11) is 0. The highest BCUT2D eigenvalue weighted by Crippen LogP contribution is 2.27. The predicted molar refractivity (Wildman–Crippen MR) is 168 cm³/mol. The van der Waals surface area contributed by atoms with Gasteiger partial charge in [-0.25, -0.2) is 0 Å². The van der Waals surface area contributed by atoms with Crippen molar-refractivity contribution in [2.45, 2.75) is 30.9 Å². The monoisotopic (exact) mass is 583 g/mol. The molecule has 3 amide bonds.